The van der Waals surface area contributed by atoms with Crippen molar-refractivity contribution >= 4 is 21.4 Å². The van der Waals surface area contributed by atoms with Crippen LogP contribution in [-0.2, 0) is 0 Å². The summed E-state index contributed by atoms with van der Waals surface area (Å²) in [6, 6.07) is 8.39. The van der Waals surface area contributed by atoms with Crippen LogP contribution in [0.4, 0.5) is 0 Å². The van der Waals surface area contributed by atoms with Crippen LogP contribution >= 0.6 is 11.3 Å². The quantitative estimate of drug-likeness (QED) is 0.612. The van der Waals surface area contributed by atoms with E-state index in [0.717, 1.165) is 0 Å². The summed E-state index contributed by atoms with van der Waals surface area (Å²) in [4.78, 5) is 0. The fourth-order valence-corrected chi connectivity index (χ4v) is 1.90. The van der Waals surface area contributed by atoms with Crippen molar-refractivity contribution in [2.24, 2.45) is 0 Å². The Labute approximate surface area is 94.0 Å². The zero-order valence-corrected chi connectivity index (χ0v) is 11.2. The average Bonchev–Trinajstić information content (AvgIpc) is 2.34. The molecule has 0 radical (unpaired) electrons. The molecule has 0 N–H and O–H groups in total. The second-order valence-electron chi connectivity index (χ2n) is 2.33. The van der Waals surface area contributed by atoms with E-state index in [9.17, 15) is 0 Å². The number of fused-ring (bicyclic) bond motifs is 1. The van der Waals surface area contributed by atoms with Gasteiger partial charge in [-0.1, -0.05) is 19.1 Å². The van der Waals surface area contributed by atoms with Gasteiger partial charge in [0.25, 0.3) is 0 Å². The van der Waals surface area contributed by atoms with Crippen molar-refractivity contribution in [2.75, 3.05) is 0 Å². The van der Waals surface area contributed by atoms with Gasteiger partial charge in [0, 0.05) is 31.1 Å². The molecular formula is C9H7SU-. The van der Waals surface area contributed by atoms with Crippen molar-refractivity contribution in [3.8, 4) is 0 Å². The summed E-state index contributed by atoms with van der Waals surface area (Å²) >= 11 is 1.69. The van der Waals surface area contributed by atoms with Gasteiger partial charge < -0.3 is 0 Å². The van der Waals surface area contributed by atoms with Crippen molar-refractivity contribution in [1.29, 1.82) is 0 Å². The number of thiophene rings is 1. The standard InChI is InChI=1S/C9H7S.U/c1-7-6-10-9-5-3-2-4-8(7)9;/h2-5H,1H3;/q-1;. The molecule has 11 heavy (non-hydrogen) atoms. The summed E-state index contributed by atoms with van der Waals surface area (Å²) in [5.74, 6) is 0. The van der Waals surface area contributed by atoms with Gasteiger partial charge in [0.05, 0.1) is 0 Å². The van der Waals surface area contributed by atoms with Gasteiger partial charge in [-0.15, -0.1) is 22.2 Å². The van der Waals surface area contributed by atoms with E-state index in [0.29, 0.717) is 0 Å². The third-order valence-electron chi connectivity index (χ3n) is 1.61. The van der Waals surface area contributed by atoms with E-state index in [2.05, 4.69) is 36.6 Å². The van der Waals surface area contributed by atoms with Gasteiger partial charge in [-0.3, -0.25) is 11.3 Å². The Hall–Kier alpha value is 0.232. The Kier molecular flexibility index (Phi) is 3.18. The zero-order valence-electron chi connectivity index (χ0n) is 6.22. The Morgan fingerprint density at radius 1 is 1.27 bits per heavy atom. The summed E-state index contributed by atoms with van der Waals surface area (Å²) in [6.07, 6.45) is 0. The van der Waals surface area contributed by atoms with Crippen molar-refractivity contribution in [2.45, 2.75) is 6.92 Å². The van der Waals surface area contributed by atoms with Gasteiger partial charge in [0.2, 0.25) is 0 Å². The fraction of sp³-hybridized carbons (Fsp3) is 0.111. The summed E-state index contributed by atoms with van der Waals surface area (Å²) in [6.45, 7) is 2.10. The molecule has 2 rings (SSSR count). The number of hydrogen-bond donors (Lipinski definition) is 0. The minimum Gasteiger partial charge on any atom is -0.295 e. The average molecular weight is 385 g/mol. The molecular weight excluding hydrogens is 378 g/mol. The van der Waals surface area contributed by atoms with Crippen LogP contribution in [0.2, 0.25) is 0 Å². The number of rotatable bonds is 0. The van der Waals surface area contributed by atoms with Crippen molar-refractivity contribution in [3.63, 3.8) is 0 Å². The SMILES string of the molecule is Cc1[c-]sc2ccccc12.[U]. The number of hydrogen-bond acceptors (Lipinski definition) is 1. The van der Waals surface area contributed by atoms with Gasteiger partial charge in [-0.25, -0.2) is 0 Å². The first-order valence-corrected chi connectivity index (χ1v) is 4.05. The Morgan fingerprint density at radius 3 is 2.73 bits per heavy atom. The monoisotopic (exact) mass is 385 g/mol. The van der Waals surface area contributed by atoms with Crippen molar-refractivity contribution in [3.05, 3.63) is 35.2 Å². The number of aryl methyl sites for hydroxylation is 1. The van der Waals surface area contributed by atoms with Crippen LogP contribution in [0.3, 0.4) is 0 Å². The molecule has 0 aliphatic heterocycles. The molecule has 1 aromatic carbocycles. The molecule has 1 heterocycles. The topological polar surface area (TPSA) is 0 Å². The molecule has 54 valence electrons. The molecule has 0 nitrogen and oxygen atoms in total. The van der Waals surface area contributed by atoms with Crippen LogP contribution in [0.25, 0.3) is 10.1 Å². The van der Waals surface area contributed by atoms with E-state index in [1.165, 1.54) is 15.6 Å². The predicted molar refractivity (Wildman–Crippen MR) is 45.4 cm³/mol. The van der Waals surface area contributed by atoms with Gasteiger partial charge in [-0.05, 0) is 0 Å². The summed E-state index contributed by atoms with van der Waals surface area (Å²) in [5.41, 5.74) is 1.26. The van der Waals surface area contributed by atoms with Gasteiger partial charge in [-0.2, -0.15) is 10.9 Å². The Morgan fingerprint density at radius 2 is 2.00 bits per heavy atom. The Balaban J connectivity index is 0.000000605. The van der Waals surface area contributed by atoms with E-state index in [-0.39, 0.29) is 31.1 Å². The van der Waals surface area contributed by atoms with Crippen LogP contribution in [0.15, 0.2) is 24.3 Å². The minimum absolute atomic E-state index is 0. The predicted octanol–water partition coefficient (Wildman–Crippen LogP) is 3.01. The zero-order chi connectivity index (χ0) is 6.97. The number of benzene rings is 1. The van der Waals surface area contributed by atoms with Crippen molar-refractivity contribution in [1.82, 2.24) is 0 Å². The van der Waals surface area contributed by atoms with E-state index < -0.39 is 0 Å². The van der Waals surface area contributed by atoms with Crippen LogP contribution in [-0.4, -0.2) is 0 Å². The summed E-state index contributed by atoms with van der Waals surface area (Å²) < 4.78 is 1.33. The molecule has 0 aliphatic carbocycles. The van der Waals surface area contributed by atoms with E-state index >= 15 is 0 Å². The molecule has 0 spiro atoms. The molecule has 0 fully saturated rings. The second kappa shape index (κ2) is 3.76. The van der Waals surface area contributed by atoms with Crippen LogP contribution in [0.5, 0.6) is 0 Å². The molecule has 2 aromatic rings. The summed E-state index contributed by atoms with van der Waals surface area (Å²) in [7, 11) is 0. The molecule has 0 atom stereocenters. The maximum Gasteiger partial charge on any atom is 0 e. The smallest absolute Gasteiger partial charge is 0 e. The molecule has 0 unspecified atom stereocenters. The summed E-state index contributed by atoms with van der Waals surface area (Å²) in [5, 5.41) is 4.56. The largest absolute Gasteiger partial charge is 0.295 e. The first-order valence-electron chi connectivity index (χ1n) is 3.24. The molecule has 0 amide bonds. The molecule has 0 saturated heterocycles. The Bertz CT molecular complexity index is 351. The van der Waals surface area contributed by atoms with Crippen LogP contribution in [0, 0.1) is 43.4 Å². The van der Waals surface area contributed by atoms with Gasteiger partial charge >= 0.3 is 0 Å². The third kappa shape index (κ3) is 1.69. The van der Waals surface area contributed by atoms with Gasteiger partial charge in [0.1, 0.15) is 0 Å². The maximum absolute atomic E-state index is 3.22. The molecule has 0 saturated carbocycles. The molecule has 0 aliphatic rings. The minimum atomic E-state index is 0. The van der Waals surface area contributed by atoms with E-state index in [1.54, 1.807) is 11.3 Å². The molecule has 2 heteroatoms. The van der Waals surface area contributed by atoms with Gasteiger partial charge in [0.15, 0.2) is 0 Å². The second-order valence-corrected chi connectivity index (χ2v) is 3.17. The van der Waals surface area contributed by atoms with Crippen molar-refractivity contribution < 1.29 is 31.1 Å². The fourth-order valence-electron chi connectivity index (χ4n) is 1.05. The molecule has 1 aromatic heterocycles. The molecule has 0 bridgehead atoms. The normalized spacial score (nSPS) is 9.55. The van der Waals surface area contributed by atoms with E-state index in [1.807, 2.05) is 0 Å². The first-order chi connectivity index (χ1) is 4.88. The third-order valence-corrected chi connectivity index (χ3v) is 2.59. The van der Waals surface area contributed by atoms with Crippen LogP contribution in [0.1, 0.15) is 5.56 Å². The van der Waals surface area contributed by atoms with Crippen LogP contribution < -0.4 is 0 Å². The maximum atomic E-state index is 3.22. The first kappa shape index (κ1) is 9.32. The van der Waals surface area contributed by atoms with E-state index in [4.69, 9.17) is 0 Å².